The Morgan fingerprint density at radius 1 is 1.09 bits per heavy atom. The lowest BCUT2D eigenvalue weighted by molar-refractivity contribution is -0.141. The second-order valence-electron chi connectivity index (χ2n) is 7.78. The third-order valence-corrected chi connectivity index (χ3v) is 5.64. The summed E-state index contributed by atoms with van der Waals surface area (Å²) >= 11 is 0. The zero-order valence-electron chi connectivity index (χ0n) is 19.0. The average molecular weight is 440 g/mol. The zero-order chi connectivity index (χ0) is 22.8. The molecule has 2 aromatic carbocycles. The van der Waals surface area contributed by atoms with Crippen LogP contribution in [-0.4, -0.2) is 68.1 Å². The molecule has 1 N–H and O–H groups in total. The molecule has 32 heavy (non-hydrogen) atoms. The first-order valence-corrected chi connectivity index (χ1v) is 11.2. The number of ether oxygens (including phenoxy) is 2. The van der Waals surface area contributed by atoms with Crippen molar-refractivity contribution in [1.29, 1.82) is 0 Å². The number of nitrogens with one attached hydrogen (secondary N) is 1. The SMILES string of the molecule is CCC(=O)N(Cc1ccc(OC)cc1)[C@H](C(=O)NCCN1CCOCC1)c1ccccc1. The molecule has 1 fully saturated rings. The molecule has 1 atom stereocenters. The van der Waals surface area contributed by atoms with Gasteiger partial charge in [0, 0.05) is 39.1 Å². The third kappa shape index (κ3) is 6.55. The summed E-state index contributed by atoms with van der Waals surface area (Å²) in [5, 5.41) is 3.06. The lowest BCUT2D eigenvalue weighted by Gasteiger charge is -2.32. The Kier molecular flexibility index (Phi) is 9.07. The van der Waals surface area contributed by atoms with Gasteiger partial charge < -0.3 is 19.7 Å². The van der Waals surface area contributed by atoms with Gasteiger partial charge in [-0.15, -0.1) is 0 Å². The van der Waals surface area contributed by atoms with Crippen molar-refractivity contribution < 1.29 is 19.1 Å². The first-order chi connectivity index (χ1) is 15.6. The summed E-state index contributed by atoms with van der Waals surface area (Å²) in [5.41, 5.74) is 1.74. The molecular formula is C25H33N3O4. The van der Waals surface area contributed by atoms with Crippen LogP contribution in [0.5, 0.6) is 5.75 Å². The summed E-state index contributed by atoms with van der Waals surface area (Å²) in [5.74, 6) is 0.514. The van der Waals surface area contributed by atoms with Gasteiger partial charge in [0.15, 0.2) is 0 Å². The molecule has 0 aromatic heterocycles. The van der Waals surface area contributed by atoms with Crippen LogP contribution in [0.3, 0.4) is 0 Å². The van der Waals surface area contributed by atoms with E-state index in [0.717, 1.165) is 49.7 Å². The molecule has 0 radical (unpaired) electrons. The van der Waals surface area contributed by atoms with E-state index in [1.54, 1.807) is 12.0 Å². The molecule has 1 saturated heterocycles. The number of hydrogen-bond acceptors (Lipinski definition) is 5. The van der Waals surface area contributed by atoms with Crippen molar-refractivity contribution in [2.45, 2.75) is 25.9 Å². The van der Waals surface area contributed by atoms with Crippen LogP contribution in [-0.2, 0) is 20.9 Å². The molecule has 0 bridgehead atoms. The largest absolute Gasteiger partial charge is 0.497 e. The molecule has 2 amide bonds. The van der Waals surface area contributed by atoms with Gasteiger partial charge in [-0.3, -0.25) is 14.5 Å². The molecule has 3 rings (SSSR count). The lowest BCUT2D eigenvalue weighted by atomic mass is 10.0. The minimum absolute atomic E-state index is 0.0713. The number of methoxy groups -OCH3 is 1. The van der Waals surface area contributed by atoms with Crippen LogP contribution in [0.25, 0.3) is 0 Å². The van der Waals surface area contributed by atoms with Gasteiger partial charge in [0.25, 0.3) is 0 Å². The maximum absolute atomic E-state index is 13.4. The standard InChI is InChI=1S/C25H33N3O4/c1-3-23(29)28(19-20-9-11-22(31-2)12-10-20)24(21-7-5-4-6-8-21)25(30)26-13-14-27-15-17-32-18-16-27/h4-12,24H,3,13-19H2,1-2H3,(H,26,30)/t24-/m0/s1. The second-order valence-corrected chi connectivity index (χ2v) is 7.78. The number of nitrogens with zero attached hydrogens (tertiary/aromatic N) is 2. The highest BCUT2D eigenvalue weighted by Gasteiger charge is 2.30. The summed E-state index contributed by atoms with van der Waals surface area (Å²) in [6, 6.07) is 16.4. The number of carbonyl (C=O) groups is 2. The van der Waals surface area contributed by atoms with Gasteiger partial charge in [-0.2, -0.15) is 0 Å². The molecule has 172 valence electrons. The molecular weight excluding hydrogens is 406 g/mol. The van der Waals surface area contributed by atoms with Gasteiger partial charge >= 0.3 is 0 Å². The molecule has 0 aliphatic carbocycles. The van der Waals surface area contributed by atoms with Gasteiger partial charge in [0.2, 0.25) is 11.8 Å². The molecule has 0 spiro atoms. The first-order valence-electron chi connectivity index (χ1n) is 11.2. The molecule has 1 aliphatic rings. The summed E-state index contributed by atoms with van der Waals surface area (Å²) < 4.78 is 10.6. The van der Waals surface area contributed by atoms with E-state index < -0.39 is 6.04 Å². The Bertz CT molecular complexity index is 851. The maximum Gasteiger partial charge on any atom is 0.247 e. The van der Waals surface area contributed by atoms with Crippen molar-refractivity contribution in [1.82, 2.24) is 15.1 Å². The van der Waals surface area contributed by atoms with Crippen molar-refractivity contribution in [2.24, 2.45) is 0 Å². The van der Waals surface area contributed by atoms with Crippen LogP contribution in [0.15, 0.2) is 54.6 Å². The number of hydrogen-bond donors (Lipinski definition) is 1. The van der Waals surface area contributed by atoms with E-state index in [1.807, 2.05) is 61.5 Å². The summed E-state index contributed by atoms with van der Waals surface area (Å²) in [4.78, 5) is 30.3. The van der Waals surface area contributed by atoms with E-state index >= 15 is 0 Å². The molecule has 1 heterocycles. The number of morpholine rings is 1. The van der Waals surface area contributed by atoms with Crippen molar-refractivity contribution in [3.63, 3.8) is 0 Å². The van der Waals surface area contributed by atoms with Gasteiger partial charge in [-0.05, 0) is 23.3 Å². The molecule has 0 saturated carbocycles. The number of rotatable bonds is 10. The molecule has 1 aliphatic heterocycles. The summed E-state index contributed by atoms with van der Waals surface area (Å²) in [7, 11) is 1.62. The van der Waals surface area contributed by atoms with Crippen molar-refractivity contribution >= 4 is 11.8 Å². The average Bonchev–Trinajstić information content (AvgIpc) is 2.85. The fourth-order valence-electron chi connectivity index (χ4n) is 3.82. The van der Waals surface area contributed by atoms with E-state index in [0.29, 0.717) is 19.5 Å². The highest BCUT2D eigenvalue weighted by Crippen LogP contribution is 2.25. The number of benzene rings is 2. The number of carbonyl (C=O) groups excluding carboxylic acids is 2. The fourth-order valence-corrected chi connectivity index (χ4v) is 3.82. The Balaban J connectivity index is 1.78. The van der Waals surface area contributed by atoms with E-state index in [-0.39, 0.29) is 11.8 Å². The van der Waals surface area contributed by atoms with E-state index in [1.165, 1.54) is 0 Å². The highest BCUT2D eigenvalue weighted by molar-refractivity contribution is 5.88. The number of amides is 2. The van der Waals surface area contributed by atoms with Crippen molar-refractivity contribution in [3.8, 4) is 5.75 Å². The second kappa shape index (κ2) is 12.2. The van der Waals surface area contributed by atoms with E-state index in [9.17, 15) is 9.59 Å². The van der Waals surface area contributed by atoms with E-state index in [4.69, 9.17) is 9.47 Å². The fraction of sp³-hybridized carbons (Fsp3) is 0.440. The molecule has 2 aromatic rings. The Morgan fingerprint density at radius 3 is 2.41 bits per heavy atom. The van der Waals surface area contributed by atoms with Crippen LogP contribution in [0.4, 0.5) is 0 Å². The van der Waals surface area contributed by atoms with Crippen LogP contribution in [0.1, 0.15) is 30.5 Å². The zero-order valence-corrected chi connectivity index (χ0v) is 19.0. The molecule has 0 unspecified atom stereocenters. The molecule has 7 nitrogen and oxygen atoms in total. The maximum atomic E-state index is 13.4. The van der Waals surface area contributed by atoms with Crippen molar-refractivity contribution in [2.75, 3.05) is 46.5 Å². The monoisotopic (exact) mass is 439 g/mol. The third-order valence-electron chi connectivity index (χ3n) is 5.64. The molecule has 7 heteroatoms. The predicted molar refractivity (Wildman–Crippen MR) is 123 cm³/mol. The smallest absolute Gasteiger partial charge is 0.247 e. The predicted octanol–water partition coefficient (Wildman–Crippen LogP) is 2.62. The quantitative estimate of drug-likeness (QED) is 0.616. The minimum Gasteiger partial charge on any atom is -0.497 e. The summed E-state index contributed by atoms with van der Waals surface area (Å²) in [6.45, 7) is 6.64. The van der Waals surface area contributed by atoms with E-state index in [2.05, 4.69) is 10.2 Å². The Morgan fingerprint density at radius 2 is 1.78 bits per heavy atom. The Labute approximate surface area is 190 Å². The van der Waals surface area contributed by atoms with Crippen molar-refractivity contribution in [3.05, 3.63) is 65.7 Å². The highest BCUT2D eigenvalue weighted by atomic mass is 16.5. The lowest BCUT2D eigenvalue weighted by Crippen LogP contribution is -2.46. The normalized spacial score (nSPS) is 15.1. The topological polar surface area (TPSA) is 71.1 Å². The van der Waals surface area contributed by atoms with Crippen LogP contribution >= 0.6 is 0 Å². The van der Waals surface area contributed by atoms with Crippen LogP contribution in [0.2, 0.25) is 0 Å². The van der Waals surface area contributed by atoms with Gasteiger partial charge in [-0.25, -0.2) is 0 Å². The van der Waals surface area contributed by atoms with Gasteiger partial charge in [0.05, 0.1) is 20.3 Å². The van der Waals surface area contributed by atoms with Crippen LogP contribution in [0, 0.1) is 0 Å². The van der Waals surface area contributed by atoms with Gasteiger partial charge in [0.1, 0.15) is 11.8 Å². The van der Waals surface area contributed by atoms with Gasteiger partial charge in [-0.1, -0.05) is 49.4 Å². The Hall–Kier alpha value is -2.90. The summed E-state index contributed by atoms with van der Waals surface area (Å²) in [6.07, 6.45) is 0.320. The van der Waals surface area contributed by atoms with Crippen LogP contribution < -0.4 is 10.1 Å². The minimum atomic E-state index is -0.699. The first kappa shape index (κ1) is 23.8.